The monoisotopic (exact) mass is 324 g/mol. The molecule has 0 aliphatic rings. The minimum atomic E-state index is -3.20. The molecular formula is C13H9ClN2O2S2. The number of halogens is 1. The molecule has 2 aromatic rings. The Kier molecular flexibility index (Phi) is 4.33. The Labute approximate surface area is 126 Å². The lowest BCUT2D eigenvalue weighted by atomic mass is 10.3. The molecule has 1 aromatic carbocycles. The van der Waals surface area contributed by atoms with Crippen molar-refractivity contribution in [3.8, 4) is 6.07 Å². The fraction of sp³-hybridized carbons (Fsp3) is 0.0769. The molecule has 102 valence electrons. The first kappa shape index (κ1) is 14.9. The van der Waals surface area contributed by atoms with Crippen LogP contribution in [-0.4, -0.2) is 19.7 Å². The molecule has 0 radical (unpaired) electrons. The van der Waals surface area contributed by atoms with Gasteiger partial charge in [-0.05, 0) is 36.4 Å². The summed E-state index contributed by atoms with van der Waals surface area (Å²) in [5.41, 5.74) is 0.431. The van der Waals surface area contributed by atoms with Gasteiger partial charge in [-0.1, -0.05) is 23.4 Å². The summed E-state index contributed by atoms with van der Waals surface area (Å²) in [5.74, 6) is 0. The lowest BCUT2D eigenvalue weighted by Gasteiger charge is -2.03. The third-order valence-electron chi connectivity index (χ3n) is 2.37. The summed E-state index contributed by atoms with van der Waals surface area (Å²) in [6.45, 7) is 0. The van der Waals surface area contributed by atoms with Gasteiger partial charge in [0.2, 0.25) is 0 Å². The van der Waals surface area contributed by atoms with Gasteiger partial charge in [0.25, 0.3) is 0 Å². The summed E-state index contributed by atoms with van der Waals surface area (Å²) in [4.78, 5) is 5.19. The molecule has 0 aliphatic heterocycles. The number of hydrogen-bond donors (Lipinski definition) is 0. The van der Waals surface area contributed by atoms with Crippen LogP contribution in [0.4, 0.5) is 0 Å². The van der Waals surface area contributed by atoms with Crippen LogP contribution in [0.2, 0.25) is 5.15 Å². The van der Waals surface area contributed by atoms with Crippen LogP contribution in [-0.2, 0) is 9.84 Å². The predicted octanol–water partition coefficient (Wildman–Crippen LogP) is 3.16. The molecule has 0 fully saturated rings. The van der Waals surface area contributed by atoms with Crippen molar-refractivity contribution in [2.75, 3.05) is 6.26 Å². The van der Waals surface area contributed by atoms with Crippen molar-refractivity contribution < 1.29 is 8.42 Å². The zero-order valence-corrected chi connectivity index (χ0v) is 12.8. The number of sulfone groups is 1. The zero-order chi connectivity index (χ0) is 14.8. The maximum Gasteiger partial charge on any atom is 0.175 e. The quantitative estimate of drug-likeness (QED) is 0.811. The minimum Gasteiger partial charge on any atom is -0.229 e. The van der Waals surface area contributed by atoms with E-state index in [1.165, 1.54) is 30.0 Å². The zero-order valence-electron chi connectivity index (χ0n) is 10.4. The maximum absolute atomic E-state index is 11.4. The van der Waals surface area contributed by atoms with Crippen molar-refractivity contribution in [2.24, 2.45) is 0 Å². The molecular weight excluding hydrogens is 316 g/mol. The normalized spacial score (nSPS) is 11.1. The first-order valence-corrected chi connectivity index (χ1v) is 8.53. The van der Waals surface area contributed by atoms with Crippen LogP contribution in [0.15, 0.2) is 51.2 Å². The largest absolute Gasteiger partial charge is 0.229 e. The van der Waals surface area contributed by atoms with E-state index in [9.17, 15) is 8.42 Å². The van der Waals surface area contributed by atoms with Gasteiger partial charge in [-0.3, -0.25) is 0 Å². The lowest BCUT2D eigenvalue weighted by Crippen LogP contribution is -1.96. The summed E-state index contributed by atoms with van der Waals surface area (Å²) in [7, 11) is -3.20. The van der Waals surface area contributed by atoms with E-state index in [0.717, 1.165) is 11.2 Å². The van der Waals surface area contributed by atoms with E-state index in [0.29, 0.717) is 10.6 Å². The molecule has 7 heteroatoms. The number of rotatable bonds is 3. The molecule has 0 saturated heterocycles. The van der Waals surface area contributed by atoms with Crippen LogP contribution >= 0.6 is 23.4 Å². The topological polar surface area (TPSA) is 70.8 Å². The van der Waals surface area contributed by atoms with Gasteiger partial charge in [-0.2, -0.15) is 5.26 Å². The molecule has 0 spiro atoms. The molecule has 0 saturated carbocycles. The van der Waals surface area contributed by atoms with Crippen LogP contribution in [0.25, 0.3) is 0 Å². The van der Waals surface area contributed by atoms with Gasteiger partial charge in [0.15, 0.2) is 9.84 Å². The SMILES string of the molecule is CS(=O)(=O)c1ccc(Sc2cc(C#N)cc(Cl)n2)cc1. The first-order chi connectivity index (χ1) is 9.38. The summed E-state index contributed by atoms with van der Waals surface area (Å²) in [6.07, 6.45) is 1.16. The molecule has 0 bridgehead atoms. The predicted molar refractivity (Wildman–Crippen MR) is 77.6 cm³/mol. The molecule has 0 N–H and O–H groups in total. The van der Waals surface area contributed by atoms with Gasteiger partial charge in [0.05, 0.1) is 16.5 Å². The first-order valence-electron chi connectivity index (χ1n) is 5.44. The van der Waals surface area contributed by atoms with Crippen LogP contribution < -0.4 is 0 Å². The van der Waals surface area contributed by atoms with E-state index in [1.807, 2.05) is 6.07 Å². The summed E-state index contributed by atoms with van der Waals surface area (Å²) in [6, 6.07) is 11.6. The highest BCUT2D eigenvalue weighted by molar-refractivity contribution is 7.99. The number of pyridine rings is 1. The highest BCUT2D eigenvalue weighted by Crippen LogP contribution is 2.28. The maximum atomic E-state index is 11.4. The van der Waals surface area contributed by atoms with Crippen molar-refractivity contribution >= 4 is 33.2 Å². The van der Waals surface area contributed by atoms with E-state index in [4.69, 9.17) is 16.9 Å². The van der Waals surface area contributed by atoms with E-state index in [1.54, 1.807) is 18.2 Å². The van der Waals surface area contributed by atoms with Gasteiger partial charge < -0.3 is 0 Å². The molecule has 1 heterocycles. The standard InChI is InChI=1S/C13H9ClN2O2S2/c1-20(17,18)11-4-2-10(3-5-11)19-13-7-9(8-15)6-12(14)16-13/h2-7H,1H3. The van der Waals surface area contributed by atoms with Gasteiger partial charge in [0, 0.05) is 11.2 Å². The smallest absolute Gasteiger partial charge is 0.175 e. The van der Waals surface area contributed by atoms with Crippen molar-refractivity contribution in [3.05, 3.63) is 47.1 Å². The van der Waals surface area contributed by atoms with E-state index in [-0.39, 0.29) is 10.0 Å². The average molecular weight is 325 g/mol. The molecule has 0 atom stereocenters. The Morgan fingerprint density at radius 2 is 1.90 bits per heavy atom. The second-order valence-corrected chi connectivity index (χ2v) is 7.47. The number of nitriles is 1. The second kappa shape index (κ2) is 5.83. The van der Waals surface area contributed by atoms with Crippen LogP contribution in [0, 0.1) is 11.3 Å². The van der Waals surface area contributed by atoms with E-state index >= 15 is 0 Å². The van der Waals surface area contributed by atoms with Crippen LogP contribution in [0.1, 0.15) is 5.56 Å². The minimum absolute atomic E-state index is 0.249. The average Bonchev–Trinajstić information content (AvgIpc) is 2.37. The lowest BCUT2D eigenvalue weighted by molar-refractivity contribution is 0.602. The van der Waals surface area contributed by atoms with Crippen molar-refractivity contribution in [2.45, 2.75) is 14.8 Å². The fourth-order valence-corrected chi connectivity index (χ4v) is 3.20. The number of aromatic nitrogens is 1. The Bertz CT molecular complexity index is 781. The molecule has 20 heavy (non-hydrogen) atoms. The van der Waals surface area contributed by atoms with Crippen LogP contribution in [0.5, 0.6) is 0 Å². The highest BCUT2D eigenvalue weighted by Gasteiger charge is 2.08. The van der Waals surface area contributed by atoms with Gasteiger partial charge in [-0.15, -0.1) is 0 Å². The molecule has 0 amide bonds. The summed E-state index contributed by atoms with van der Waals surface area (Å²) in [5, 5.41) is 9.70. The van der Waals surface area contributed by atoms with Gasteiger partial charge in [-0.25, -0.2) is 13.4 Å². The van der Waals surface area contributed by atoms with E-state index < -0.39 is 9.84 Å². The second-order valence-electron chi connectivity index (χ2n) is 3.97. The molecule has 4 nitrogen and oxygen atoms in total. The Morgan fingerprint density at radius 1 is 1.25 bits per heavy atom. The molecule has 0 aliphatic carbocycles. The third kappa shape index (κ3) is 3.73. The molecule has 2 rings (SSSR count). The number of nitrogens with zero attached hydrogens (tertiary/aromatic N) is 2. The Balaban J connectivity index is 2.27. The summed E-state index contributed by atoms with van der Waals surface area (Å²) < 4.78 is 22.7. The van der Waals surface area contributed by atoms with Crippen molar-refractivity contribution in [3.63, 3.8) is 0 Å². The highest BCUT2D eigenvalue weighted by atomic mass is 35.5. The van der Waals surface area contributed by atoms with Gasteiger partial charge >= 0.3 is 0 Å². The molecule has 1 aromatic heterocycles. The fourth-order valence-electron chi connectivity index (χ4n) is 1.47. The van der Waals surface area contributed by atoms with Gasteiger partial charge in [0.1, 0.15) is 10.2 Å². The number of hydrogen-bond acceptors (Lipinski definition) is 5. The van der Waals surface area contributed by atoms with Crippen LogP contribution in [0.3, 0.4) is 0 Å². The van der Waals surface area contributed by atoms with Crippen molar-refractivity contribution in [1.82, 2.24) is 4.98 Å². The Morgan fingerprint density at radius 3 is 2.45 bits per heavy atom. The van der Waals surface area contributed by atoms with Crippen molar-refractivity contribution in [1.29, 1.82) is 5.26 Å². The Hall–Kier alpha value is -1.55. The molecule has 0 unspecified atom stereocenters. The third-order valence-corrected chi connectivity index (χ3v) is 4.62. The number of benzene rings is 1. The summed E-state index contributed by atoms with van der Waals surface area (Å²) >= 11 is 7.13. The van der Waals surface area contributed by atoms with E-state index in [2.05, 4.69) is 4.98 Å².